The quantitative estimate of drug-likeness (QED) is 0.188. The Balaban J connectivity index is 1.41. The molecule has 54 heavy (non-hydrogen) atoms. The molecular formula is C49H39N5. The summed E-state index contributed by atoms with van der Waals surface area (Å²) in [5.74, 6) is 0. The highest BCUT2D eigenvalue weighted by molar-refractivity contribution is 6.01. The van der Waals surface area contributed by atoms with Crippen molar-refractivity contribution in [3.05, 3.63) is 168 Å². The Morgan fingerprint density at radius 2 is 0.778 bits per heavy atom. The van der Waals surface area contributed by atoms with Crippen LogP contribution in [-0.4, -0.2) is 37.9 Å². The molecule has 1 fully saturated rings. The zero-order chi connectivity index (χ0) is 35.8. The molecule has 8 bridgehead atoms. The third-order valence-corrected chi connectivity index (χ3v) is 10.8. The van der Waals surface area contributed by atoms with Gasteiger partial charge in [0.25, 0.3) is 0 Å². The molecule has 5 heteroatoms. The molecule has 3 aliphatic rings. The first-order valence-electron chi connectivity index (χ1n) is 19.0. The van der Waals surface area contributed by atoms with Crippen molar-refractivity contribution in [3.8, 4) is 44.5 Å². The van der Waals surface area contributed by atoms with Gasteiger partial charge in [-0.05, 0) is 84.0 Å². The Kier molecular flexibility index (Phi) is 8.10. The van der Waals surface area contributed by atoms with Crippen molar-refractivity contribution in [1.29, 1.82) is 0 Å². The van der Waals surface area contributed by atoms with Crippen LogP contribution in [0.15, 0.2) is 146 Å². The number of nitrogens with zero attached hydrogens (tertiary/aromatic N) is 3. The van der Waals surface area contributed by atoms with Crippen LogP contribution in [-0.2, 0) is 0 Å². The number of rotatable bonds is 5. The lowest BCUT2D eigenvalue weighted by molar-refractivity contribution is 0.327. The van der Waals surface area contributed by atoms with Gasteiger partial charge in [-0.15, -0.1) is 0 Å². The van der Waals surface area contributed by atoms with Crippen molar-refractivity contribution < 1.29 is 0 Å². The predicted molar refractivity (Wildman–Crippen MR) is 225 cm³/mol. The number of fused-ring (bicyclic) bond motifs is 8. The summed E-state index contributed by atoms with van der Waals surface area (Å²) in [6.07, 6.45) is 10.2. The molecule has 260 valence electrons. The molecule has 0 spiro atoms. The number of aromatic nitrogens is 4. The Bertz CT molecular complexity index is 2720. The van der Waals surface area contributed by atoms with Gasteiger partial charge in [-0.1, -0.05) is 121 Å². The van der Waals surface area contributed by atoms with E-state index in [1.165, 1.54) is 25.0 Å². The minimum absolute atomic E-state index is 0.913. The van der Waals surface area contributed by atoms with Crippen LogP contribution < -0.4 is 0 Å². The van der Waals surface area contributed by atoms with Gasteiger partial charge < -0.3 is 14.9 Å². The van der Waals surface area contributed by atoms with Gasteiger partial charge >= 0.3 is 0 Å². The third kappa shape index (κ3) is 5.75. The van der Waals surface area contributed by atoms with Gasteiger partial charge in [-0.2, -0.15) is 0 Å². The molecule has 7 aromatic rings. The lowest BCUT2D eigenvalue weighted by atomic mass is 10.0. The van der Waals surface area contributed by atoms with Crippen LogP contribution in [0.3, 0.4) is 0 Å². The topological polar surface area (TPSA) is 60.6 Å². The fourth-order valence-corrected chi connectivity index (χ4v) is 8.27. The van der Waals surface area contributed by atoms with Crippen molar-refractivity contribution in [2.24, 2.45) is 0 Å². The third-order valence-electron chi connectivity index (χ3n) is 10.8. The zero-order valence-electron chi connectivity index (χ0n) is 30.0. The highest BCUT2D eigenvalue weighted by Gasteiger charge is 2.26. The van der Waals surface area contributed by atoms with Crippen LogP contribution in [0, 0.1) is 0 Å². The Hall–Kier alpha value is -6.72. The number of benzene rings is 4. The molecule has 2 N–H and O–H groups in total. The van der Waals surface area contributed by atoms with Crippen LogP contribution >= 0.6 is 0 Å². The fourth-order valence-electron chi connectivity index (χ4n) is 8.27. The van der Waals surface area contributed by atoms with E-state index in [0.29, 0.717) is 0 Å². The molecule has 1 saturated heterocycles. The second-order valence-electron chi connectivity index (χ2n) is 14.2. The smallest absolute Gasteiger partial charge is 0.0970 e. The molecule has 0 unspecified atom stereocenters. The van der Waals surface area contributed by atoms with E-state index >= 15 is 0 Å². The van der Waals surface area contributed by atoms with E-state index in [1.807, 2.05) is 0 Å². The van der Waals surface area contributed by atoms with Crippen molar-refractivity contribution in [3.63, 3.8) is 0 Å². The number of H-pyrrole nitrogens is 2. The summed E-state index contributed by atoms with van der Waals surface area (Å²) >= 11 is 0. The molecule has 10 rings (SSSR count). The summed E-state index contributed by atoms with van der Waals surface area (Å²) in [4.78, 5) is 21.5. The zero-order valence-corrected chi connectivity index (χ0v) is 30.0. The molecular weight excluding hydrogens is 659 g/mol. The maximum atomic E-state index is 5.68. The average Bonchev–Trinajstić information content (AvgIpc) is 4.07. The van der Waals surface area contributed by atoms with Gasteiger partial charge in [0.1, 0.15) is 0 Å². The minimum atomic E-state index is 0.913. The van der Waals surface area contributed by atoms with Gasteiger partial charge in [0, 0.05) is 57.4 Å². The lowest BCUT2D eigenvalue weighted by Gasteiger charge is -2.30. The largest absolute Gasteiger partial charge is 0.370 e. The van der Waals surface area contributed by atoms with Crippen LogP contribution in [0.4, 0.5) is 0 Å². The SMILES string of the molecule is C1=Cc2nc1c(-c1ccccc1)c1ccc([nH]1)c(-c1ccccc1)c1nc(c(-c3ccccc3)c3ccc([nH]3)c2-c2ccccc2)C(N2CCCCC2)=C1. The highest BCUT2D eigenvalue weighted by Crippen LogP contribution is 2.41. The monoisotopic (exact) mass is 697 g/mol. The standard InChI is InChI=1S/C49H39N5/c1-6-16-33(17-7-1)45-37-24-25-38(50-37)46(34-18-8-2-9-19-34)40-28-29-42(52-40)48(36-22-12-4-13-23-36)49-44(54-30-14-5-15-31-54)32-43(53-49)47(35-20-10-3-11-21-35)41-27-26-39(45)51-41/h1-4,6-13,16-29,32,51-52H,5,14-15,30-31H2. The number of nitrogens with one attached hydrogen (secondary N) is 2. The lowest BCUT2D eigenvalue weighted by Crippen LogP contribution is -2.28. The van der Waals surface area contributed by atoms with E-state index in [-0.39, 0.29) is 0 Å². The molecule has 6 heterocycles. The van der Waals surface area contributed by atoms with Gasteiger partial charge in [-0.3, -0.25) is 0 Å². The molecule has 0 atom stereocenters. The summed E-state index contributed by atoms with van der Waals surface area (Å²) in [6.45, 7) is 2.02. The Labute approximate surface area is 315 Å². The number of hydrogen-bond donors (Lipinski definition) is 2. The van der Waals surface area contributed by atoms with E-state index in [4.69, 9.17) is 9.97 Å². The van der Waals surface area contributed by atoms with Gasteiger partial charge in [0.2, 0.25) is 0 Å². The number of aromatic amines is 2. The molecule has 0 saturated carbocycles. The van der Waals surface area contributed by atoms with Crippen LogP contribution in [0.2, 0.25) is 0 Å². The first-order valence-corrected chi connectivity index (χ1v) is 19.0. The second-order valence-corrected chi connectivity index (χ2v) is 14.2. The summed E-state index contributed by atoms with van der Waals surface area (Å²) in [6, 6.07) is 51.4. The molecule has 0 radical (unpaired) electrons. The van der Waals surface area contributed by atoms with E-state index in [0.717, 1.165) is 102 Å². The summed E-state index contributed by atoms with van der Waals surface area (Å²) in [7, 11) is 0. The maximum absolute atomic E-state index is 5.68. The first-order chi connectivity index (χ1) is 26.8. The molecule has 4 aromatic carbocycles. The minimum Gasteiger partial charge on any atom is -0.370 e. The number of piperidine rings is 1. The molecule has 3 aliphatic heterocycles. The van der Waals surface area contributed by atoms with E-state index < -0.39 is 0 Å². The summed E-state index contributed by atoms with van der Waals surface area (Å²) in [5.41, 5.74) is 17.7. The second kappa shape index (κ2) is 13.7. The van der Waals surface area contributed by atoms with E-state index in [2.05, 4.69) is 179 Å². The maximum Gasteiger partial charge on any atom is 0.0970 e. The van der Waals surface area contributed by atoms with Crippen LogP contribution in [0.5, 0.6) is 0 Å². The Morgan fingerprint density at radius 3 is 1.22 bits per heavy atom. The summed E-state index contributed by atoms with van der Waals surface area (Å²) in [5, 5.41) is 0. The van der Waals surface area contributed by atoms with Crippen molar-refractivity contribution in [2.45, 2.75) is 19.3 Å². The van der Waals surface area contributed by atoms with Crippen molar-refractivity contribution in [2.75, 3.05) is 13.1 Å². The number of hydrogen-bond acceptors (Lipinski definition) is 3. The Morgan fingerprint density at radius 1 is 0.389 bits per heavy atom. The van der Waals surface area contributed by atoms with Gasteiger partial charge in [-0.25, -0.2) is 9.97 Å². The molecule has 5 nitrogen and oxygen atoms in total. The molecule has 3 aromatic heterocycles. The normalized spacial score (nSPS) is 13.9. The fraction of sp³-hybridized carbons (Fsp3) is 0.102. The number of likely N-dealkylation sites (tertiary alicyclic amines) is 1. The highest BCUT2D eigenvalue weighted by atomic mass is 15.2. The molecule has 0 amide bonds. The van der Waals surface area contributed by atoms with Gasteiger partial charge in [0.05, 0.1) is 28.5 Å². The summed E-state index contributed by atoms with van der Waals surface area (Å²) < 4.78 is 0. The van der Waals surface area contributed by atoms with E-state index in [9.17, 15) is 0 Å². The van der Waals surface area contributed by atoms with Crippen molar-refractivity contribution in [1.82, 2.24) is 24.8 Å². The van der Waals surface area contributed by atoms with Crippen molar-refractivity contribution >= 4 is 46.0 Å². The van der Waals surface area contributed by atoms with Crippen LogP contribution in [0.25, 0.3) is 90.5 Å². The molecule has 0 aliphatic carbocycles. The predicted octanol–water partition coefficient (Wildman–Crippen LogP) is 12.1. The first kappa shape index (κ1) is 32.0. The van der Waals surface area contributed by atoms with Crippen LogP contribution in [0.1, 0.15) is 42.0 Å². The average molecular weight is 698 g/mol. The van der Waals surface area contributed by atoms with Gasteiger partial charge in [0.15, 0.2) is 0 Å². The van der Waals surface area contributed by atoms with E-state index in [1.54, 1.807) is 0 Å².